The summed E-state index contributed by atoms with van der Waals surface area (Å²) >= 11 is 0. The highest BCUT2D eigenvalue weighted by Crippen LogP contribution is 2.36. The molecule has 0 saturated carbocycles. The van der Waals surface area contributed by atoms with Gasteiger partial charge >= 0.3 is 6.09 Å². The minimum Gasteiger partial charge on any atom is -0.493 e. The second-order valence-electron chi connectivity index (χ2n) is 13.2. The van der Waals surface area contributed by atoms with Crippen LogP contribution in [0.25, 0.3) is 0 Å². The van der Waals surface area contributed by atoms with E-state index >= 15 is 0 Å². The summed E-state index contributed by atoms with van der Waals surface area (Å²) in [6.07, 6.45) is 1.59. The van der Waals surface area contributed by atoms with E-state index < -0.39 is 13.9 Å². The molecule has 0 radical (unpaired) electrons. The van der Waals surface area contributed by atoms with Crippen molar-refractivity contribution in [1.29, 1.82) is 0 Å². The summed E-state index contributed by atoms with van der Waals surface area (Å²) in [7, 11) is -1.69. The molecule has 1 amide bonds. The Balaban J connectivity index is 1.35. The zero-order chi connectivity index (χ0) is 28.7. The molecule has 1 aliphatic rings. The first-order chi connectivity index (χ1) is 18.2. The zero-order valence-corrected chi connectivity index (χ0v) is 26.5. The van der Waals surface area contributed by atoms with Crippen molar-refractivity contribution < 1.29 is 18.7 Å². The van der Waals surface area contributed by atoms with Crippen LogP contribution >= 0.6 is 0 Å². The molecule has 39 heavy (non-hydrogen) atoms. The average Bonchev–Trinajstić information content (AvgIpc) is 2.85. The van der Waals surface area contributed by atoms with Gasteiger partial charge in [-0.05, 0) is 74.1 Å². The predicted octanol–water partition coefficient (Wildman–Crippen LogP) is 6.93. The van der Waals surface area contributed by atoms with Crippen molar-refractivity contribution in [2.45, 2.75) is 84.7 Å². The Labute approximate surface area is 237 Å². The number of nitrogens with zero attached hydrogens (tertiary/aromatic N) is 2. The summed E-state index contributed by atoms with van der Waals surface area (Å²) in [4.78, 5) is 16.5. The van der Waals surface area contributed by atoms with Crippen LogP contribution < -0.4 is 4.74 Å². The summed E-state index contributed by atoms with van der Waals surface area (Å²) in [5, 5.41) is 0.242. The third kappa shape index (κ3) is 10.3. The van der Waals surface area contributed by atoms with Crippen LogP contribution in [0.15, 0.2) is 48.5 Å². The number of hydrogen-bond acceptors (Lipinski definition) is 5. The summed E-state index contributed by atoms with van der Waals surface area (Å²) < 4.78 is 17.8. The van der Waals surface area contributed by atoms with Crippen molar-refractivity contribution in [3.63, 3.8) is 0 Å². The summed E-state index contributed by atoms with van der Waals surface area (Å²) in [5.74, 6) is 0.909. The maximum absolute atomic E-state index is 12.3. The maximum Gasteiger partial charge on any atom is 0.410 e. The van der Waals surface area contributed by atoms with Gasteiger partial charge in [0.25, 0.3) is 0 Å². The van der Waals surface area contributed by atoms with Crippen molar-refractivity contribution in [1.82, 2.24) is 9.80 Å². The Morgan fingerprint density at radius 2 is 1.28 bits per heavy atom. The van der Waals surface area contributed by atoms with E-state index in [-0.39, 0.29) is 11.1 Å². The quantitative estimate of drug-likeness (QED) is 0.298. The molecule has 0 bridgehead atoms. The lowest BCUT2D eigenvalue weighted by Crippen LogP contribution is -2.49. The van der Waals surface area contributed by atoms with Gasteiger partial charge < -0.3 is 18.8 Å². The molecule has 0 unspecified atom stereocenters. The lowest BCUT2D eigenvalue weighted by Gasteiger charge is -2.36. The van der Waals surface area contributed by atoms with Gasteiger partial charge in [-0.15, -0.1) is 0 Å². The van der Waals surface area contributed by atoms with Gasteiger partial charge in [-0.3, -0.25) is 4.90 Å². The molecule has 0 atom stereocenters. The highest BCUT2D eigenvalue weighted by molar-refractivity contribution is 6.74. The van der Waals surface area contributed by atoms with E-state index in [4.69, 9.17) is 13.9 Å². The van der Waals surface area contributed by atoms with Crippen LogP contribution in [0.1, 0.15) is 58.2 Å². The van der Waals surface area contributed by atoms with Crippen molar-refractivity contribution in [2.75, 3.05) is 39.4 Å². The van der Waals surface area contributed by atoms with Crippen LogP contribution in [0.2, 0.25) is 18.1 Å². The Hall–Kier alpha value is -2.35. The number of ether oxygens (including phenoxy) is 2. The van der Waals surface area contributed by atoms with E-state index in [0.717, 1.165) is 44.8 Å². The van der Waals surface area contributed by atoms with Gasteiger partial charge in [0.2, 0.25) is 0 Å². The first-order valence-corrected chi connectivity index (χ1v) is 17.3. The molecule has 3 rings (SSSR count). The van der Waals surface area contributed by atoms with Crippen LogP contribution in [0.5, 0.6) is 5.75 Å². The van der Waals surface area contributed by atoms with Gasteiger partial charge in [0, 0.05) is 45.8 Å². The fourth-order valence-electron chi connectivity index (χ4n) is 4.16. The van der Waals surface area contributed by atoms with Crippen molar-refractivity contribution in [3.8, 4) is 5.75 Å². The molecule has 216 valence electrons. The standard InChI is InChI=1S/C32H50N2O4Si/c1-31(2,3)38-30(35)34-21-19-33(20-22-34)25-28-11-9-26(10-12-28)17-23-36-29-15-13-27(14-16-29)18-24-37-39(7,8)32(4,5)6/h9-16H,17-25H2,1-8H3. The van der Waals surface area contributed by atoms with E-state index in [1.54, 1.807) is 0 Å². The average molecular weight is 555 g/mol. The van der Waals surface area contributed by atoms with Crippen molar-refractivity contribution >= 4 is 14.4 Å². The lowest BCUT2D eigenvalue weighted by atomic mass is 10.1. The smallest absolute Gasteiger partial charge is 0.410 e. The molecule has 1 aliphatic heterocycles. The molecule has 1 saturated heterocycles. The largest absolute Gasteiger partial charge is 0.493 e. The third-order valence-corrected chi connectivity index (χ3v) is 12.2. The number of benzene rings is 2. The molecule has 6 nitrogen and oxygen atoms in total. The van der Waals surface area contributed by atoms with Gasteiger partial charge in [-0.1, -0.05) is 57.2 Å². The van der Waals surface area contributed by atoms with Crippen LogP contribution in [-0.2, 0) is 28.5 Å². The highest BCUT2D eigenvalue weighted by Gasteiger charge is 2.36. The number of rotatable bonds is 10. The molecule has 2 aromatic carbocycles. The first-order valence-electron chi connectivity index (χ1n) is 14.4. The van der Waals surface area contributed by atoms with Crippen LogP contribution in [0.4, 0.5) is 4.79 Å². The van der Waals surface area contributed by atoms with E-state index in [1.165, 1.54) is 16.7 Å². The number of carbonyl (C=O) groups is 1. The molecule has 0 aliphatic carbocycles. The number of amides is 1. The Morgan fingerprint density at radius 3 is 1.82 bits per heavy atom. The van der Waals surface area contributed by atoms with Crippen molar-refractivity contribution in [2.24, 2.45) is 0 Å². The number of piperazine rings is 1. The first kappa shape index (κ1) is 31.2. The van der Waals surface area contributed by atoms with E-state index in [0.29, 0.717) is 19.7 Å². The SMILES string of the molecule is CC(C)(C)OC(=O)N1CCN(Cc2ccc(CCOc3ccc(CCO[Si](C)(C)C(C)(C)C)cc3)cc2)CC1. The lowest BCUT2D eigenvalue weighted by molar-refractivity contribution is 0.0139. The van der Waals surface area contributed by atoms with Crippen LogP contribution in [0.3, 0.4) is 0 Å². The topological polar surface area (TPSA) is 51.2 Å². The fourth-order valence-corrected chi connectivity index (χ4v) is 5.21. The van der Waals surface area contributed by atoms with Gasteiger partial charge in [-0.25, -0.2) is 4.79 Å². The maximum atomic E-state index is 12.3. The Bertz CT molecular complexity index is 1030. The molecule has 0 N–H and O–H groups in total. The number of hydrogen-bond donors (Lipinski definition) is 0. The number of carbonyl (C=O) groups excluding carboxylic acids is 1. The molecule has 0 spiro atoms. The molecule has 0 aromatic heterocycles. The second kappa shape index (κ2) is 13.3. The normalized spacial score (nSPS) is 15.3. The fraction of sp³-hybridized carbons (Fsp3) is 0.594. The van der Waals surface area contributed by atoms with E-state index in [9.17, 15) is 4.79 Å². The molecule has 2 aromatic rings. The van der Waals surface area contributed by atoms with Crippen LogP contribution in [-0.4, -0.2) is 69.2 Å². The van der Waals surface area contributed by atoms with Crippen LogP contribution in [0, 0.1) is 0 Å². The summed E-state index contributed by atoms with van der Waals surface area (Å²) in [6.45, 7) is 22.6. The third-order valence-electron chi connectivity index (χ3n) is 7.70. The minimum absolute atomic E-state index is 0.212. The monoisotopic (exact) mass is 554 g/mol. The zero-order valence-electron chi connectivity index (χ0n) is 25.5. The molecule has 1 heterocycles. The molecular weight excluding hydrogens is 504 g/mol. The Kier molecular flexibility index (Phi) is 10.7. The summed E-state index contributed by atoms with van der Waals surface area (Å²) in [6, 6.07) is 17.2. The van der Waals surface area contributed by atoms with Crippen molar-refractivity contribution in [3.05, 3.63) is 65.2 Å². The van der Waals surface area contributed by atoms with E-state index in [1.807, 2.05) is 25.7 Å². The second-order valence-corrected chi connectivity index (χ2v) is 18.0. The molecule has 1 fully saturated rings. The van der Waals surface area contributed by atoms with E-state index in [2.05, 4.69) is 87.3 Å². The van der Waals surface area contributed by atoms with Gasteiger partial charge in [0.15, 0.2) is 8.32 Å². The van der Waals surface area contributed by atoms with Gasteiger partial charge in [-0.2, -0.15) is 0 Å². The molecule has 7 heteroatoms. The minimum atomic E-state index is -1.69. The predicted molar refractivity (Wildman–Crippen MR) is 162 cm³/mol. The Morgan fingerprint density at radius 1 is 0.769 bits per heavy atom. The van der Waals surface area contributed by atoms with Gasteiger partial charge in [0.05, 0.1) is 6.61 Å². The highest BCUT2D eigenvalue weighted by atomic mass is 28.4. The van der Waals surface area contributed by atoms with Gasteiger partial charge in [0.1, 0.15) is 11.4 Å². The molecular formula is C32H50N2O4Si. The summed E-state index contributed by atoms with van der Waals surface area (Å²) in [5.41, 5.74) is 3.39.